The van der Waals surface area contributed by atoms with Gasteiger partial charge in [-0.3, -0.25) is 10.1 Å². The fourth-order valence-electron chi connectivity index (χ4n) is 2.15. The average molecular weight is 326 g/mol. The van der Waals surface area contributed by atoms with E-state index in [1.807, 2.05) is 5.32 Å². The smallest absolute Gasteiger partial charge is 0.323 e. The van der Waals surface area contributed by atoms with Crippen molar-refractivity contribution in [3.05, 3.63) is 35.9 Å². The molecule has 5 atom stereocenters. The Hall–Kier alpha value is -2.04. The first-order valence-corrected chi connectivity index (χ1v) is 6.91. The Balaban J connectivity index is 1.95. The highest BCUT2D eigenvalue weighted by Gasteiger charge is 2.44. The molecule has 0 unspecified atom stereocenters. The van der Waals surface area contributed by atoms with E-state index in [9.17, 15) is 24.9 Å². The van der Waals surface area contributed by atoms with Crippen LogP contribution in [0.5, 0.6) is 0 Å². The van der Waals surface area contributed by atoms with E-state index >= 15 is 0 Å². The maximum absolute atomic E-state index is 11.8. The standard InChI is InChI=1S/C14H18N2O7/c17-6-8-9(18)10(19)11(20)13(23-8)16-14(22)15-12(21)7-4-2-1-3-5-7/h1-5,8-11,13,17-20H,6H2,(H2,15,16,21,22)/t8-,9-,10+,11-,13-/m1/s1. The van der Waals surface area contributed by atoms with Crippen molar-refractivity contribution in [2.45, 2.75) is 30.6 Å². The van der Waals surface area contributed by atoms with E-state index in [-0.39, 0.29) is 5.56 Å². The molecular weight excluding hydrogens is 308 g/mol. The fraction of sp³-hybridized carbons (Fsp3) is 0.429. The lowest BCUT2D eigenvalue weighted by Crippen LogP contribution is -2.64. The number of carbonyl (C=O) groups excluding carboxylic acids is 2. The second-order valence-electron chi connectivity index (χ2n) is 5.04. The van der Waals surface area contributed by atoms with Gasteiger partial charge in [0.2, 0.25) is 0 Å². The van der Waals surface area contributed by atoms with Crippen LogP contribution in [-0.4, -0.2) is 69.6 Å². The summed E-state index contributed by atoms with van der Waals surface area (Å²) in [7, 11) is 0. The van der Waals surface area contributed by atoms with Gasteiger partial charge in [-0.05, 0) is 12.1 Å². The molecule has 0 saturated carbocycles. The Bertz CT molecular complexity index is 551. The molecule has 1 fully saturated rings. The number of ether oxygens (including phenoxy) is 1. The third kappa shape index (κ3) is 4.03. The Labute approximate surface area is 131 Å². The molecule has 9 heteroatoms. The van der Waals surface area contributed by atoms with E-state index in [2.05, 4.69) is 5.32 Å². The van der Waals surface area contributed by atoms with Crippen LogP contribution in [0.3, 0.4) is 0 Å². The number of nitrogens with one attached hydrogen (secondary N) is 2. The van der Waals surface area contributed by atoms with Gasteiger partial charge in [-0.15, -0.1) is 0 Å². The number of hydrogen-bond acceptors (Lipinski definition) is 7. The minimum absolute atomic E-state index is 0.261. The molecular formula is C14H18N2O7. The lowest BCUT2D eigenvalue weighted by molar-refractivity contribution is -0.233. The fourth-order valence-corrected chi connectivity index (χ4v) is 2.15. The molecule has 1 aromatic carbocycles. The molecule has 0 aliphatic carbocycles. The Morgan fingerprint density at radius 2 is 1.70 bits per heavy atom. The second-order valence-corrected chi connectivity index (χ2v) is 5.04. The summed E-state index contributed by atoms with van der Waals surface area (Å²) < 4.78 is 5.10. The lowest BCUT2D eigenvalue weighted by atomic mass is 9.98. The highest BCUT2D eigenvalue weighted by atomic mass is 16.6. The average Bonchev–Trinajstić information content (AvgIpc) is 2.56. The van der Waals surface area contributed by atoms with E-state index in [0.717, 1.165) is 0 Å². The van der Waals surface area contributed by atoms with Crippen molar-refractivity contribution in [1.29, 1.82) is 0 Å². The third-order valence-corrected chi connectivity index (χ3v) is 3.43. The van der Waals surface area contributed by atoms with Crippen LogP contribution in [0.4, 0.5) is 4.79 Å². The molecule has 6 N–H and O–H groups in total. The van der Waals surface area contributed by atoms with Crippen LogP contribution in [0.1, 0.15) is 10.4 Å². The number of imide groups is 1. The normalized spacial score (nSPS) is 30.5. The van der Waals surface area contributed by atoms with E-state index < -0.39 is 49.2 Å². The molecule has 0 spiro atoms. The molecule has 1 aliphatic rings. The van der Waals surface area contributed by atoms with Crippen molar-refractivity contribution in [2.24, 2.45) is 0 Å². The van der Waals surface area contributed by atoms with Gasteiger partial charge in [-0.2, -0.15) is 0 Å². The molecule has 2 rings (SSSR count). The molecule has 3 amide bonds. The zero-order valence-electron chi connectivity index (χ0n) is 12.0. The Morgan fingerprint density at radius 3 is 2.30 bits per heavy atom. The summed E-state index contributed by atoms with van der Waals surface area (Å²) in [6.45, 7) is -0.617. The molecule has 1 heterocycles. The van der Waals surface area contributed by atoms with Crippen LogP contribution < -0.4 is 10.6 Å². The van der Waals surface area contributed by atoms with Gasteiger partial charge < -0.3 is 30.5 Å². The highest BCUT2D eigenvalue weighted by Crippen LogP contribution is 2.19. The quantitative estimate of drug-likeness (QED) is 0.373. The molecule has 0 aromatic heterocycles. The molecule has 1 aromatic rings. The van der Waals surface area contributed by atoms with Crippen LogP contribution in [0.25, 0.3) is 0 Å². The van der Waals surface area contributed by atoms with Crippen LogP contribution >= 0.6 is 0 Å². The van der Waals surface area contributed by atoms with Crippen molar-refractivity contribution < 1.29 is 34.8 Å². The lowest BCUT2D eigenvalue weighted by Gasteiger charge is -2.39. The van der Waals surface area contributed by atoms with Crippen molar-refractivity contribution in [2.75, 3.05) is 6.61 Å². The molecule has 1 aliphatic heterocycles. The van der Waals surface area contributed by atoms with Gasteiger partial charge in [0.1, 0.15) is 24.4 Å². The van der Waals surface area contributed by atoms with Gasteiger partial charge in [0.15, 0.2) is 6.23 Å². The summed E-state index contributed by atoms with van der Waals surface area (Å²) in [6, 6.07) is 7.04. The van der Waals surface area contributed by atoms with Crippen LogP contribution in [0, 0.1) is 0 Å². The molecule has 0 radical (unpaired) electrons. The first-order chi connectivity index (χ1) is 10.9. The topological polar surface area (TPSA) is 148 Å². The van der Waals surface area contributed by atoms with Gasteiger partial charge in [0, 0.05) is 5.56 Å². The first kappa shape index (κ1) is 17.3. The summed E-state index contributed by atoms with van der Waals surface area (Å²) >= 11 is 0. The maximum atomic E-state index is 11.8. The van der Waals surface area contributed by atoms with Crippen molar-refractivity contribution >= 4 is 11.9 Å². The SMILES string of the molecule is O=C(NC(=O)c1ccccc1)N[C@@H]1O[C@H](CO)[C@@H](O)[C@H](O)[C@H]1O. The number of benzene rings is 1. The van der Waals surface area contributed by atoms with Crippen molar-refractivity contribution in [3.63, 3.8) is 0 Å². The summed E-state index contributed by atoms with van der Waals surface area (Å²) in [6.07, 6.45) is -7.30. The summed E-state index contributed by atoms with van der Waals surface area (Å²) in [5.74, 6) is -0.660. The number of rotatable bonds is 3. The van der Waals surface area contributed by atoms with E-state index in [0.29, 0.717) is 0 Å². The summed E-state index contributed by atoms with van der Waals surface area (Å²) in [4.78, 5) is 23.6. The maximum Gasteiger partial charge on any atom is 0.323 e. The summed E-state index contributed by atoms with van der Waals surface area (Å²) in [5, 5.41) is 42.3. The van der Waals surface area contributed by atoms with E-state index in [1.54, 1.807) is 18.2 Å². The van der Waals surface area contributed by atoms with Gasteiger partial charge in [-0.1, -0.05) is 18.2 Å². The third-order valence-electron chi connectivity index (χ3n) is 3.43. The van der Waals surface area contributed by atoms with E-state index in [4.69, 9.17) is 9.84 Å². The van der Waals surface area contributed by atoms with E-state index in [1.165, 1.54) is 12.1 Å². The highest BCUT2D eigenvalue weighted by molar-refractivity contribution is 6.04. The first-order valence-electron chi connectivity index (χ1n) is 6.91. The van der Waals surface area contributed by atoms with Crippen molar-refractivity contribution in [3.8, 4) is 0 Å². The van der Waals surface area contributed by atoms with Crippen LogP contribution in [0.15, 0.2) is 30.3 Å². The molecule has 1 saturated heterocycles. The zero-order valence-corrected chi connectivity index (χ0v) is 12.0. The van der Waals surface area contributed by atoms with Gasteiger partial charge in [0.05, 0.1) is 6.61 Å². The van der Waals surface area contributed by atoms with Gasteiger partial charge in [-0.25, -0.2) is 4.79 Å². The van der Waals surface area contributed by atoms with Gasteiger partial charge in [0.25, 0.3) is 5.91 Å². The minimum atomic E-state index is -1.62. The minimum Gasteiger partial charge on any atom is -0.394 e. The molecule has 0 bridgehead atoms. The van der Waals surface area contributed by atoms with Crippen molar-refractivity contribution in [1.82, 2.24) is 10.6 Å². The zero-order chi connectivity index (χ0) is 17.0. The monoisotopic (exact) mass is 326 g/mol. The largest absolute Gasteiger partial charge is 0.394 e. The number of amides is 3. The van der Waals surface area contributed by atoms with Crippen LogP contribution in [0.2, 0.25) is 0 Å². The number of carbonyl (C=O) groups is 2. The molecule has 9 nitrogen and oxygen atoms in total. The summed E-state index contributed by atoms with van der Waals surface area (Å²) in [5.41, 5.74) is 0.261. The number of urea groups is 1. The van der Waals surface area contributed by atoms with Crippen LogP contribution in [-0.2, 0) is 4.74 Å². The van der Waals surface area contributed by atoms with Gasteiger partial charge >= 0.3 is 6.03 Å². The predicted octanol–water partition coefficient (Wildman–Crippen LogP) is -2.07. The predicted molar refractivity (Wildman–Crippen MR) is 76.2 cm³/mol. The Kier molecular flexibility index (Phi) is 5.64. The molecule has 23 heavy (non-hydrogen) atoms. The Morgan fingerprint density at radius 1 is 1.04 bits per heavy atom. The second kappa shape index (κ2) is 7.49. The number of aliphatic hydroxyl groups is 4. The molecule has 126 valence electrons. The number of hydrogen-bond donors (Lipinski definition) is 6. The number of aliphatic hydroxyl groups excluding tert-OH is 4.